The van der Waals surface area contributed by atoms with E-state index in [0.29, 0.717) is 22.3 Å². The van der Waals surface area contributed by atoms with Gasteiger partial charge in [0.05, 0.1) is 16.0 Å². The third kappa shape index (κ3) is 4.12. The van der Waals surface area contributed by atoms with E-state index in [-0.39, 0.29) is 18.2 Å². The van der Waals surface area contributed by atoms with E-state index < -0.39 is 5.92 Å². The maximum atomic E-state index is 12.7. The number of anilines is 2. The van der Waals surface area contributed by atoms with Crippen molar-refractivity contribution in [3.63, 3.8) is 0 Å². The zero-order chi connectivity index (χ0) is 19.6. The van der Waals surface area contributed by atoms with E-state index in [0.717, 1.165) is 29.7 Å². The first-order chi connectivity index (χ1) is 12.9. The van der Waals surface area contributed by atoms with E-state index in [9.17, 15) is 9.59 Å². The molecule has 6 heteroatoms. The van der Waals surface area contributed by atoms with E-state index in [1.54, 1.807) is 23.1 Å². The van der Waals surface area contributed by atoms with E-state index in [1.165, 1.54) is 0 Å². The number of hydrogen-bond donors (Lipinski definition) is 1. The minimum absolute atomic E-state index is 0.0140. The Kier molecular flexibility index (Phi) is 6.08. The molecule has 1 atom stereocenters. The first-order valence-electron chi connectivity index (χ1n) is 9.11. The SMILES string of the molecule is CCc1cccc(CC)c1N1C[C@@H](C(=O)Nc2ccc(Cl)c(Cl)c2)CC1=O. The molecule has 1 heterocycles. The molecule has 0 aromatic heterocycles. The highest BCUT2D eigenvalue weighted by Gasteiger charge is 2.36. The molecule has 0 radical (unpaired) electrons. The van der Waals surface area contributed by atoms with Crippen molar-refractivity contribution in [3.05, 3.63) is 57.6 Å². The molecule has 2 amide bonds. The average molecular weight is 405 g/mol. The fourth-order valence-corrected chi connectivity index (χ4v) is 3.78. The summed E-state index contributed by atoms with van der Waals surface area (Å²) in [5, 5.41) is 3.65. The molecule has 4 nitrogen and oxygen atoms in total. The number of nitrogens with one attached hydrogen (secondary N) is 1. The molecule has 1 aliphatic heterocycles. The van der Waals surface area contributed by atoms with Crippen molar-refractivity contribution in [2.45, 2.75) is 33.1 Å². The summed E-state index contributed by atoms with van der Waals surface area (Å²) in [5.41, 5.74) is 3.81. The lowest BCUT2D eigenvalue weighted by atomic mass is 10.0. The van der Waals surface area contributed by atoms with Gasteiger partial charge in [-0.15, -0.1) is 0 Å². The summed E-state index contributed by atoms with van der Waals surface area (Å²) in [6.07, 6.45) is 1.88. The van der Waals surface area contributed by atoms with Crippen LogP contribution in [0.2, 0.25) is 10.0 Å². The quantitative estimate of drug-likeness (QED) is 0.752. The topological polar surface area (TPSA) is 49.4 Å². The minimum atomic E-state index is -0.401. The molecule has 3 rings (SSSR count). The van der Waals surface area contributed by atoms with Crippen LogP contribution >= 0.6 is 23.2 Å². The zero-order valence-electron chi connectivity index (χ0n) is 15.4. The second-order valence-corrected chi connectivity index (χ2v) is 7.47. The lowest BCUT2D eigenvalue weighted by molar-refractivity contribution is -0.122. The van der Waals surface area contributed by atoms with Crippen LogP contribution in [0.3, 0.4) is 0 Å². The van der Waals surface area contributed by atoms with Gasteiger partial charge in [-0.1, -0.05) is 55.2 Å². The predicted octanol–water partition coefficient (Wildman–Crippen LogP) is 5.11. The van der Waals surface area contributed by atoms with Crippen molar-refractivity contribution in [2.75, 3.05) is 16.8 Å². The summed E-state index contributed by atoms with van der Waals surface area (Å²) < 4.78 is 0. The summed E-state index contributed by atoms with van der Waals surface area (Å²) >= 11 is 11.9. The second kappa shape index (κ2) is 8.32. The number of hydrogen-bond acceptors (Lipinski definition) is 2. The molecule has 1 saturated heterocycles. The molecular weight excluding hydrogens is 383 g/mol. The Bertz CT molecular complexity index is 860. The number of nitrogens with zero attached hydrogens (tertiary/aromatic N) is 1. The van der Waals surface area contributed by atoms with Crippen molar-refractivity contribution in [1.29, 1.82) is 0 Å². The molecule has 2 aromatic rings. The van der Waals surface area contributed by atoms with Gasteiger partial charge in [0, 0.05) is 24.3 Å². The molecule has 27 heavy (non-hydrogen) atoms. The van der Waals surface area contributed by atoms with E-state index in [4.69, 9.17) is 23.2 Å². The summed E-state index contributed by atoms with van der Waals surface area (Å²) in [7, 11) is 0. The fourth-order valence-electron chi connectivity index (χ4n) is 3.48. The van der Waals surface area contributed by atoms with Crippen molar-refractivity contribution in [1.82, 2.24) is 0 Å². The smallest absolute Gasteiger partial charge is 0.229 e. The summed E-state index contributed by atoms with van der Waals surface area (Å²) in [6.45, 7) is 4.54. The van der Waals surface area contributed by atoms with Crippen molar-refractivity contribution in [3.8, 4) is 0 Å². The van der Waals surface area contributed by atoms with Gasteiger partial charge < -0.3 is 10.2 Å². The highest BCUT2D eigenvalue weighted by atomic mass is 35.5. The average Bonchev–Trinajstić information content (AvgIpc) is 3.05. The maximum absolute atomic E-state index is 12.7. The standard InChI is InChI=1S/C21H22Cl2N2O2/c1-3-13-6-5-7-14(4-2)20(13)25-12-15(10-19(25)26)21(27)24-16-8-9-17(22)18(23)11-16/h5-9,11,15H,3-4,10,12H2,1-2H3,(H,24,27)/t15-/m0/s1. The molecule has 0 bridgehead atoms. The Morgan fingerprint density at radius 1 is 1.11 bits per heavy atom. The first-order valence-corrected chi connectivity index (χ1v) is 9.87. The minimum Gasteiger partial charge on any atom is -0.326 e. The Labute approximate surface area is 169 Å². The maximum Gasteiger partial charge on any atom is 0.229 e. The summed E-state index contributed by atoms with van der Waals surface area (Å²) in [5.74, 6) is -0.599. The summed E-state index contributed by atoms with van der Waals surface area (Å²) in [6, 6.07) is 11.1. The third-order valence-corrected chi connectivity index (χ3v) is 5.66. The van der Waals surface area contributed by atoms with Crippen molar-refractivity contribution in [2.24, 2.45) is 5.92 Å². The highest BCUT2D eigenvalue weighted by molar-refractivity contribution is 6.42. The van der Waals surface area contributed by atoms with Gasteiger partial charge >= 0.3 is 0 Å². The molecule has 1 fully saturated rings. The molecule has 0 spiro atoms. The second-order valence-electron chi connectivity index (χ2n) is 6.66. The van der Waals surface area contributed by atoms with Gasteiger partial charge in [-0.25, -0.2) is 0 Å². The van der Waals surface area contributed by atoms with Crippen LogP contribution in [0.4, 0.5) is 11.4 Å². The Balaban J connectivity index is 1.79. The molecule has 1 aliphatic rings. The molecule has 0 unspecified atom stereocenters. The van der Waals surface area contributed by atoms with Gasteiger partial charge in [0.15, 0.2) is 0 Å². The Morgan fingerprint density at radius 3 is 2.37 bits per heavy atom. The van der Waals surface area contributed by atoms with E-state index in [1.807, 2.05) is 18.2 Å². The number of rotatable bonds is 5. The van der Waals surface area contributed by atoms with Crippen LogP contribution in [0.25, 0.3) is 0 Å². The van der Waals surface area contributed by atoms with Crippen molar-refractivity contribution >= 4 is 46.4 Å². The predicted molar refractivity (Wildman–Crippen MR) is 111 cm³/mol. The lowest BCUT2D eigenvalue weighted by Crippen LogP contribution is -2.29. The van der Waals surface area contributed by atoms with Gasteiger partial charge in [0.25, 0.3) is 0 Å². The molecule has 2 aromatic carbocycles. The van der Waals surface area contributed by atoms with Gasteiger partial charge in [-0.2, -0.15) is 0 Å². The van der Waals surface area contributed by atoms with Crippen LogP contribution in [0.15, 0.2) is 36.4 Å². The first kappa shape index (κ1) is 19.7. The largest absolute Gasteiger partial charge is 0.326 e. The number of carbonyl (C=O) groups excluding carboxylic acids is 2. The number of amides is 2. The lowest BCUT2D eigenvalue weighted by Gasteiger charge is -2.23. The van der Waals surface area contributed by atoms with Gasteiger partial charge in [0.2, 0.25) is 11.8 Å². The van der Waals surface area contributed by atoms with Gasteiger partial charge in [-0.3, -0.25) is 9.59 Å². The van der Waals surface area contributed by atoms with Crippen LogP contribution in [0, 0.1) is 5.92 Å². The Hall–Kier alpha value is -2.04. The van der Waals surface area contributed by atoms with E-state index >= 15 is 0 Å². The molecule has 1 N–H and O–H groups in total. The molecule has 0 saturated carbocycles. The molecular formula is C21H22Cl2N2O2. The summed E-state index contributed by atoms with van der Waals surface area (Å²) in [4.78, 5) is 27.1. The monoisotopic (exact) mass is 404 g/mol. The Morgan fingerprint density at radius 2 is 1.78 bits per heavy atom. The van der Waals surface area contributed by atoms with E-state index in [2.05, 4.69) is 19.2 Å². The highest BCUT2D eigenvalue weighted by Crippen LogP contribution is 2.33. The third-order valence-electron chi connectivity index (χ3n) is 4.92. The van der Waals surface area contributed by atoms with Gasteiger partial charge in [-0.05, 0) is 42.2 Å². The van der Waals surface area contributed by atoms with Crippen LogP contribution < -0.4 is 10.2 Å². The van der Waals surface area contributed by atoms with Crippen LogP contribution in [0.5, 0.6) is 0 Å². The number of para-hydroxylation sites is 1. The number of aryl methyl sites for hydroxylation is 2. The zero-order valence-corrected chi connectivity index (χ0v) is 16.9. The van der Waals surface area contributed by atoms with Crippen LogP contribution in [-0.2, 0) is 22.4 Å². The normalized spacial score (nSPS) is 16.7. The fraction of sp³-hybridized carbons (Fsp3) is 0.333. The molecule has 0 aliphatic carbocycles. The van der Waals surface area contributed by atoms with Crippen molar-refractivity contribution < 1.29 is 9.59 Å². The van der Waals surface area contributed by atoms with Crippen LogP contribution in [0.1, 0.15) is 31.4 Å². The van der Waals surface area contributed by atoms with Gasteiger partial charge in [0.1, 0.15) is 0 Å². The molecule has 142 valence electrons. The number of halogens is 2. The number of carbonyl (C=O) groups is 2. The number of benzene rings is 2. The van der Waals surface area contributed by atoms with Crippen LogP contribution in [-0.4, -0.2) is 18.4 Å².